The number of nitrogens with zero attached hydrogens (tertiary/aromatic N) is 1. The molecule has 1 heteroatoms. The van der Waals surface area contributed by atoms with Crippen LogP contribution in [0, 0.1) is 0 Å². The second-order valence-corrected chi connectivity index (χ2v) is 11.8. The lowest BCUT2D eigenvalue weighted by Gasteiger charge is -2.23. The number of pyridine rings is 1. The molecule has 180 valence electrons. The lowest BCUT2D eigenvalue weighted by Crippen LogP contribution is -2.10. The van der Waals surface area contributed by atoms with Crippen LogP contribution in [-0.2, 0) is 10.8 Å². The van der Waals surface area contributed by atoms with Crippen LogP contribution in [0.15, 0.2) is 103 Å². The summed E-state index contributed by atoms with van der Waals surface area (Å²) in [5.74, 6) is 0. The zero-order valence-electron chi connectivity index (χ0n) is 22.3. The summed E-state index contributed by atoms with van der Waals surface area (Å²) in [6, 6.07) is 33.6. The molecular weight excluding hydrogens is 434 g/mol. The summed E-state index contributed by atoms with van der Waals surface area (Å²) in [7, 11) is 0. The van der Waals surface area contributed by atoms with Gasteiger partial charge in [-0.1, -0.05) is 114 Å². The Labute approximate surface area is 215 Å². The van der Waals surface area contributed by atoms with Crippen LogP contribution in [0.25, 0.3) is 44.2 Å². The number of rotatable bonds is 3. The third kappa shape index (κ3) is 4.58. The molecule has 0 aliphatic rings. The van der Waals surface area contributed by atoms with Crippen LogP contribution in [-0.4, -0.2) is 4.98 Å². The van der Waals surface area contributed by atoms with Crippen molar-refractivity contribution in [2.45, 2.75) is 52.4 Å². The molecule has 0 amide bonds. The molecule has 1 aromatic heterocycles. The molecule has 0 spiro atoms. The van der Waals surface area contributed by atoms with Gasteiger partial charge < -0.3 is 0 Å². The van der Waals surface area contributed by atoms with Crippen molar-refractivity contribution in [3.8, 4) is 33.4 Å². The SMILES string of the molecule is CC(C)(C)c1ccc(-c2c(-c3ccncc3)cc3ccccc3c2-c2ccc(C(C)(C)C)cc2)cc1. The van der Waals surface area contributed by atoms with Crippen molar-refractivity contribution in [3.63, 3.8) is 0 Å². The molecule has 1 nitrogen and oxygen atoms in total. The van der Waals surface area contributed by atoms with Gasteiger partial charge in [-0.05, 0) is 84.3 Å². The molecule has 0 N–H and O–H groups in total. The third-order valence-electron chi connectivity index (χ3n) is 7.12. The molecule has 0 saturated carbocycles. The minimum absolute atomic E-state index is 0.113. The highest BCUT2D eigenvalue weighted by Crippen LogP contribution is 2.45. The van der Waals surface area contributed by atoms with Crippen molar-refractivity contribution in [1.29, 1.82) is 0 Å². The van der Waals surface area contributed by atoms with E-state index >= 15 is 0 Å². The van der Waals surface area contributed by atoms with Crippen LogP contribution in [0.5, 0.6) is 0 Å². The van der Waals surface area contributed by atoms with Crippen molar-refractivity contribution in [2.75, 3.05) is 0 Å². The average Bonchev–Trinajstić information content (AvgIpc) is 2.87. The molecule has 0 aliphatic carbocycles. The highest BCUT2D eigenvalue weighted by Gasteiger charge is 2.20. The Balaban J connectivity index is 1.85. The number of aromatic nitrogens is 1. The van der Waals surface area contributed by atoms with Gasteiger partial charge in [0.2, 0.25) is 0 Å². The highest BCUT2D eigenvalue weighted by atomic mass is 14.6. The van der Waals surface area contributed by atoms with Crippen molar-refractivity contribution in [1.82, 2.24) is 4.98 Å². The molecule has 5 aromatic rings. The van der Waals surface area contributed by atoms with E-state index in [-0.39, 0.29) is 10.8 Å². The largest absolute Gasteiger partial charge is 0.265 e. The second kappa shape index (κ2) is 9.06. The summed E-state index contributed by atoms with van der Waals surface area (Å²) in [5.41, 5.74) is 10.3. The van der Waals surface area contributed by atoms with Gasteiger partial charge in [0, 0.05) is 12.4 Å². The predicted octanol–water partition coefficient (Wildman–Crippen LogP) is 9.83. The fraction of sp³-hybridized carbons (Fsp3) is 0.229. The van der Waals surface area contributed by atoms with Gasteiger partial charge in [-0.15, -0.1) is 0 Å². The quantitative estimate of drug-likeness (QED) is 0.256. The maximum Gasteiger partial charge on any atom is 0.0273 e. The molecule has 0 saturated heterocycles. The van der Waals surface area contributed by atoms with Crippen molar-refractivity contribution < 1.29 is 0 Å². The summed E-state index contributed by atoms with van der Waals surface area (Å²) in [6.45, 7) is 13.6. The van der Waals surface area contributed by atoms with Crippen molar-refractivity contribution in [2.24, 2.45) is 0 Å². The van der Waals surface area contributed by atoms with E-state index in [0.29, 0.717) is 0 Å². The highest BCUT2D eigenvalue weighted by molar-refractivity contribution is 6.09. The average molecular weight is 470 g/mol. The van der Waals surface area contributed by atoms with E-state index in [9.17, 15) is 0 Å². The first-order chi connectivity index (χ1) is 17.1. The van der Waals surface area contributed by atoms with Gasteiger partial charge in [-0.25, -0.2) is 0 Å². The lowest BCUT2D eigenvalue weighted by molar-refractivity contribution is 0.590. The Morgan fingerprint density at radius 1 is 0.500 bits per heavy atom. The van der Waals surface area contributed by atoms with Crippen LogP contribution >= 0.6 is 0 Å². The lowest BCUT2D eigenvalue weighted by atomic mass is 9.81. The van der Waals surface area contributed by atoms with Gasteiger partial charge in [0.05, 0.1) is 0 Å². The number of hydrogen-bond donors (Lipinski definition) is 0. The molecule has 4 aromatic carbocycles. The smallest absolute Gasteiger partial charge is 0.0273 e. The minimum Gasteiger partial charge on any atom is -0.265 e. The molecule has 0 fully saturated rings. The fourth-order valence-corrected chi connectivity index (χ4v) is 4.98. The molecule has 0 aliphatic heterocycles. The van der Waals surface area contributed by atoms with Crippen LogP contribution in [0.4, 0.5) is 0 Å². The first-order valence-corrected chi connectivity index (χ1v) is 12.8. The molecule has 5 rings (SSSR count). The van der Waals surface area contributed by atoms with Gasteiger partial charge in [0.15, 0.2) is 0 Å². The van der Waals surface area contributed by atoms with Crippen molar-refractivity contribution in [3.05, 3.63) is 115 Å². The summed E-state index contributed by atoms with van der Waals surface area (Å²) < 4.78 is 0. The standard InChI is InChI=1S/C35H35N/c1-34(2,3)28-15-11-25(12-16-28)32-30-10-8-7-9-27(30)23-31(24-19-21-36-22-20-24)33(32)26-13-17-29(18-14-26)35(4,5)6/h7-23H,1-6H3. The fourth-order valence-electron chi connectivity index (χ4n) is 4.98. The van der Waals surface area contributed by atoms with Gasteiger partial charge in [0.1, 0.15) is 0 Å². The van der Waals surface area contributed by atoms with E-state index in [0.717, 1.165) is 0 Å². The summed E-state index contributed by atoms with van der Waals surface area (Å²) in [5, 5.41) is 2.52. The molecule has 1 heterocycles. The second-order valence-electron chi connectivity index (χ2n) is 11.8. The minimum atomic E-state index is 0.113. The maximum atomic E-state index is 4.29. The molecule has 0 radical (unpaired) electrons. The van der Waals surface area contributed by atoms with E-state index < -0.39 is 0 Å². The van der Waals surface area contributed by atoms with E-state index in [2.05, 4.69) is 138 Å². The Morgan fingerprint density at radius 3 is 1.53 bits per heavy atom. The molecule has 0 atom stereocenters. The Bertz CT molecular complexity index is 1490. The zero-order chi connectivity index (χ0) is 25.5. The normalized spacial score (nSPS) is 12.2. The Kier molecular flexibility index (Phi) is 6.04. The van der Waals surface area contributed by atoms with E-state index in [1.807, 2.05) is 12.4 Å². The number of benzene rings is 4. The van der Waals surface area contributed by atoms with E-state index in [1.165, 1.54) is 55.3 Å². The Hall–Kier alpha value is -3.71. The molecule has 0 bridgehead atoms. The number of hydrogen-bond acceptors (Lipinski definition) is 1. The zero-order valence-corrected chi connectivity index (χ0v) is 22.3. The summed E-state index contributed by atoms with van der Waals surface area (Å²) >= 11 is 0. The summed E-state index contributed by atoms with van der Waals surface area (Å²) in [6.07, 6.45) is 3.77. The van der Waals surface area contributed by atoms with E-state index in [1.54, 1.807) is 0 Å². The van der Waals surface area contributed by atoms with Gasteiger partial charge >= 0.3 is 0 Å². The first kappa shape index (κ1) is 24.0. The van der Waals surface area contributed by atoms with Gasteiger partial charge in [0.25, 0.3) is 0 Å². The number of fused-ring (bicyclic) bond motifs is 1. The van der Waals surface area contributed by atoms with Crippen molar-refractivity contribution >= 4 is 10.8 Å². The first-order valence-electron chi connectivity index (χ1n) is 12.8. The van der Waals surface area contributed by atoms with Crippen LogP contribution < -0.4 is 0 Å². The van der Waals surface area contributed by atoms with E-state index in [4.69, 9.17) is 0 Å². The molecule has 0 unspecified atom stereocenters. The van der Waals surface area contributed by atoms with Crippen LogP contribution in [0.1, 0.15) is 52.7 Å². The monoisotopic (exact) mass is 469 g/mol. The van der Waals surface area contributed by atoms with Crippen LogP contribution in [0.3, 0.4) is 0 Å². The van der Waals surface area contributed by atoms with Crippen LogP contribution in [0.2, 0.25) is 0 Å². The third-order valence-corrected chi connectivity index (χ3v) is 7.12. The molecular formula is C35H35N. The summed E-state index contributed by atoms with van der Waals surface area (Å²) in [4.78, 5) is 4.29. The predicted molar refractivity (Wildman–Crippen MR) is 155 cm³/mol. The molecule has 36 heavy (non-hydrogen) atoms. The van der Waals surface area contributed by atoms with Gasteiger partial charge in [-0.2, -0.15) is 0 Å². The van der Waals surface area contributed by atoms with Gasteiger partial charge in [-0.3, -0.25) is 4.98 Å². The Morgan fingerprint density at radius 2 is 1.00 bits per heavy atom. The maximum absolute atomic E-state index is 4.29. The topological polar surface area (TPSA) is 12.9 Å².